The zero-order valence-corrected chi connectivity index (χ0v) is 28.6. The third-order valence-corrected chi connectivity index (χ3v) is 10.2. The topological polar surface area (TPSA) is 119 Å². The van der Waals surface area contributed by atoms with Crippen LogP contribution in [0.15, 0.2) is 94.9 Å². The van der Waals surface area contributed by atoms with Crippen molar-refractivity contribution < 1.29 is 13.6 Å². The number of halogens is 2. The normalized spacial score (nSPS) is 19.6. The number of rotatable bonds is 7. The lowest BCUT2D eigenvalue weighted by molar-refractivity contribution is 0.0917. The average molecular weight is 705 g/mol. The monoisotopic (exact) mass is 704 g/mol. The molecule has 1 saturated carbocycles. The summed E-state index contributed by atoms with van der Waals surface area (Å²) < 4.78 is 32.2. The molecule has 1 saturated heterocycles. The molecule has 52 heavy (non-hydrogen) atoms. The van der Waals surface area contributed by atoms with E-state index in [1.54, 1.807) is 6.07 Å². The number of carbonyl (C=O) groups excluding carboxylic acids is 1. The highest BCUT2D eigenvalue weighted by atomic mass is 19.1. The summed E-state index contributed by atoms with van der Waals surface area (Å²) in [5.41, 5.74) is 3.12. The van der Waals surface area contributed by atoms with Gasteiger partial charge in [-0.25, -0.2) is 28.1 Å². The van der Waals surface area contributed by atoms with Gasteiger partial charge >= 0.3 is 5.69 Å². The molecule has 13 heteroatoms. The Hall–Kier alpha value is -5.53. The molecule has 2 aliphatic rings. The molecule has 2 fully saturated rings. The summed E-state index contributed by atoms with van der Waals surface area (Å²) in [5.74, 6) is -1.50. The Balaban J connectivity index is 1.05. The number of piperazine rings is 1. The third-order valence-electron chi connectivity index (χ3n) is 10.2. The number of pyridine rings is 2. The highest BCUT2D eigenvalue weighted by Crippen LogP contribution is 2.29. The summed E-state index contributed by atoms with van der Waals surface area (Å²) in [6.45, 7) is 6.04. The predicted molar refractivity (Wildman–Crippen MR) is 194 cm³/mol. The first kappa shape index (κ1) is 33.6. The number of nitrogens with zero attached hydrogens (tertiary/aromatic N) is 6. The maximum atomic E-state index is 14.5. The van der Waals surface area contributed by atoms with Crippen LogP contribution < -0.4 is 21.9 Å². The van der Waals surface area contributed by atoms with Gasteiger partial charge in [0.2, 0.25) is 0 Å². The van der Waals surface area contributed by atoms with Gasteiger partial charge in [-0.15, -0.1) is 0 Å². The number of hydrogen-bond acceptors (Lipinski definition) is 7. The molecule has 5 heterocycles. The molecular formula is C39H38F2N8O3. The lowest BCUT2D eigenvalue weighted by atomic mass is 9.90. The van der Waals surface area contributed by atoms with Crippen molar-refractivity contribution in [1.82, 2.24) is 39.0 Å². The van der Waals surface area contributed by atoms with E-state index in [4.69, 9.17) is 0 Å². The molecule has 11 nitrogen and oxygen atoms in total. The first-order valence-electron chi connectivity index (χ1n) is 17.6. The summed E-state index contributed by atoms with van der Waals surface area (Å²) in [5, 5.41) is 6.47. The number of carbonyl (C=O) groups is 1. The molecule has 0 unspecified atom stereocenters. The first-order chi connectivity index (χ1) is 25.2. The maximum absolute atomic E-state index is 14.5. The van der Waals surface area contributed by atoms with Crippen LogP contribution in [-0.2, 0) is 6.54 Å². The Labute approximate surface area is 297 Å². The molecule has 1 aliphatic heterocycles. The van der Waals surface area contributed by atoms with E-state index in [-0.39, 0.29) is 28.7 Å². The van der Waals surface area contributed by atoms with Crippen LogP contribution in [0.4, 0.5) is 8.78 Å². The van der Waals surface area contributed by atoms with Crippen molar-refractivity contribution in [2.24, 2.45) is 0 Å². The Bertz CT molecular complexity index is 2410. The lowest BCUT2D eigenvalue weighted by Crippen LogP contribution is -2.48. The van der Waals surface area contributed by atoms with E-state index >= 15 is 0 Å². The molecule has 0 radical (unpaired) electrons. The van der Waals surface area contributed by atoms with Crippen LogP contribution in [0.2, 0.25) is 0 Å². The maximum Gasteiger partial charge on any atom is 0.337 e. The molecule has 8 rings (SSSR count). The Morgan fingerprint density at radius 1 is 0.942 bits per heavy atom. The molecule has 2 aromatic carbocycles. The summed E-state index contributed by atoms with van der Waals surface area (Å²) in [4.78, 5) is 52.1. The standard InChI is InChI=1S/C39H38F2N8O3/c1-24-20-46(16-15-42-24)21-25-5-7-26(8-6-25)27-3-2-4-32(17-27)48-36-33(18-29(41)19-43-36)38(51)49(39(48)52)31-12-10-30(11-13-31)44-37(50)34-23-47-22-28(40)9-14-35(47)45-34/h2-9,14,17-19,22-24,30-31,42H,10-13,15-16,20-21H2,1H3,(H,44,50)/t24-,30-,31+/m0/s1. The van der Waals surface area contributed by atoms with E-state index in [1.807, 2.05) is 18.2 Å². The molecule has 1 amide bonds. The van der Waals surface area contributed by atoms with Gasteiger partial charge in [-0.2, -0.15) is 0 Å². The van der Waals surface area contributed by atoms with Crippen LogP contribution in [0.5, 0.6) is 0 Å². The summed E-state index contributed by atoms with van der Waals surface area (Å²) in [7, 11) is 0. The fraction of sp³-hybridized carbons (Fsp3) is 0.308. The van der Waals surface area contributed by atoms with Crippen molar-refractivity contribution in [3.63, 3.8) is 0 Å². The highest BCUT2D eigenvalue weighted by Gasteiger charge is 2.29. The highest BCUT2D eigenvalue weighted by molar-refractivity contribution is 5.93. The minimum absolute atomic E-state index is 0.00954. The van der Waals surface area contributed by atoms with Crippen LogP contribution in [-0.4, -0.2) is 66.0 Å². The van der Waals surface area contributed by atoms with Gasteiger partial charge in [-0.05, 0) is 79.6 Å². The predicted octanol–water partition coefficient (Wildman–Crippen LogP) is 4.85. The fourth-order valence-electron chi connectivity index (χ4n) is 7.59. The Kier molecular flexibility index (Phi) is 8.97. The summed E-state index contributed by atoms with van der Waals surface area (Å²) >= 11 is 0. The zero-order chi connectivity index (χ0) is 35.9. The molecule has 2 N–H and O–H groups in total. The largest absolute Gasteiger partial charge is 0.348 e. The second kappa shape index (κ2) is 13.9. The number of aromatic nitrogens is 5. The second-order valence-electron chi connectivity index (χ2n) is 13.9. The molecule has 6 aromatic rings. The summed E-state index contributed by atoms with van der Waals surface area (Å²) in [6.07, 6.45) is 5.61. The van der Waals surface area contributed by atoms with Crippen LogP contribution in [0, 0.1) is 11.6 Å². The molecule has 0 spiro atoms. The van der Waals surface area contributed by atoms with Crippen molar-refractivity contribution in [3.8, 4) is 16.8 Å². The minimum atomic E-state index is -0.674. The Morgan fingerprint density at radius 2 is 1.75 bits per heavy atom. The Morgan fingerprint density at radius 3 is 2.54 bits per heavy atom. The number of imidazole rings is 1. The molecule has 1 aliphatic carbocycles. The van der Waals surface area contributed by atoms with Crippen LogP contribution >= 0.6 is 0 Å². The van der Waals surface area contributed by atoms with Gasteiger partial charge in [0.05, 0.1) is 17.3 Å². The SMILES string of the molecule is C[C@H]1CN(Cc2ccc(-c3cccc(-n4c(=O)n([C@H]5CC[C@@H](NC(=O)c6cn7cc(F)ccc7n6)CC5)c(=O)c5cc(F)cnc54)c3)cc2)CCN1. The zero-order valence-electron chi connectivity index (χ0n) is 28.6. The molecule has 4 aromatic heterocycles. The van der Waals surface area contributed by atoms with E-state index in [1.165, 1.54) is 43.6 Å². The number of hydrogen-bond donors (Lipinski definition) is 2. The molecular weight excluding hydrogens is 666 g/mol. The van der Waals surface area contributed by atoms with Crippen LogP contribution in [0.1, 0.15) is 54.7 Å². The quantitative estimate of drug-likeness (QED) is 0.244. The van der Waals surface area contributed by atoms with Crippen molar-refractivity contribution >= 4 is 22.6 Å². The number of fused-ring (bicyclic) bond motifs is 2. The van der Waals surface area contributed by atoms with Gasteiger partial charge in [-0.1, -0.05) is 36.4 Å². The molecule has 1 atom stereocenters. The van der Waals surface area contributed by atoms with Gasteiger partial charge in [0.25, 0.3) is 11.5 Å². The number of amides is 1. The molecule has 0 bridgehead atoms. The van der Waals surface area contributed by atoms with Gasteiger partial charge < -0.3 is 15.0 Å². The van der Waals surface area contributed by atoms with Gasteiger partial charge in [0, 0.05) is 56.7 Å². The van der Waals surface area contributed by atoms with Crippen molar-refractivity contribution in [2.45, 2.75) is 57.3 Å². The number of nitrogens with one attached hydrogen (secondary N) is 2. The van der Waals surface area contributed by atoms with Crippen LogP contribution in [0.25, 0.3) is 33.5 Å². The molecule has 266 valence electrons. The van der Waals surface area contributed by atoms with Gasteiger partial charge in [-0.3, -0.25) is 19.1 Å². The van der Waals surface area contributed by atoms with Gasteiger partial charge in [0.15, 0.2) is 5.65 Å². The van der Waals surface area contributed by atoms with E-state index in [0.29, 0.717) is 43.1 Å². The smallest absolute Gasteiger partial charge is 0.337 e. The third kappa shape index (κ3) is 6.64. The van der Waals surface area contributed by atoms with Crippen molar-refractivity contribution in [1.29, 1.82) is 0 Å². The van der Waals surface area contributed by atoms with E-state index in [9.17, 15) is 23.2 Å². The van der Waals surface area contributed by atoms with Crippen molar-refractivity contribution in [3.05, 3.63) is 129 Å². The summed E-state index contributed by atoms with van der Waals surface area (Å²) in [6, 6.07) is 19.6. The first-order valence-corrected chi connectivity index (χ1v) is 17.6. The number of benzene rings is 2. The van der Waals surface area contributed by atoms with E-state index < -0.39 is 28.9 Å². The van der Waals surface area contributed by atoms with E-state index in [2.05, 4.69) is 56.7 Å². The second-order valence-corrected chi connectivity index (χ2v) is 13.9. The lowest BCUT2D eigenvalue weighted by Gasteiger charge is -2.31. The van der Waals surface area contributed by atoms with Gasteiger partial charge in [0.1, 0.15) is 23.0 Å². The van der Waals surface area contributed by atoms with Crippen molar-refractivity contribution in [2.75, 3.05) is 19.6 Å². The van der Waals surface area contributed by atoms with Crippen LogP contribution in [0.3, 0.4) is 0 Å². The average Bonchev–Trinajstić information content (AvgIpc) is 3.57. The van der Waals surface area contributed by atoms with E-state index in [0.717, 1.165) is 49.6 Å². The fourth-order valence-corrected chi connectivity index (χ4v) is 7.59. The minimum Gasteiger partial charge on any atom is -0.348 e.